The SMILES string of the molecule is CC(=O)CC1=C(Cl)NC=NC1Cl. The number of alkyl halides is 1. The summed E-state index contributed by atoms with van der Waals surface area (Å²) in [5, 5.41) is 3.09. The van der Waals surface area contributed by atoms with Crippen LogP contribution in [0.15, 0.2) is 15.7 Å². The van der Waals surface area contributed by atoms with E-state index in [-0.39, 0.29) is 12.2 Å². The predicted molar refractivity (Wildman–Crippen MR) is 49.4 cm³/mol. The summed E-state index contributed by atoms with van der Waals surface area (Å²) in [5.41, 5.74) is 0.121. The van der Waals surface area contributed by atoms with Crippen molar-refractivity contribution < 1.29 is 4.79 Å². The summed E-state index contributed by atoms with van der Waals surface area (Å²) in [6.45, 7) is 1.49. The zero-order valence-corrected chi connectivity index (χ0v) is 7.99. The van der Waals surface area contributed by atoms with Crippen LogP contribution in [0.1, 0.15) is 13.3 Å². The van der Waals surface area contributed by atoms with Crippen molar-refractivity contribution in [2.75, 3.05) is 0 Å². The van der Waals surface area contributed by atoms with Crippen molar-refractivity contribution in [2.45, 2.75) is 18.8 Å². The number of hydrogen-bond donors (Lipinski definition) is 1. The lowest BCUT2D eigenvalue weighted by molar-refractivity contribution is -0.116. The minimum Gasteiger partial charge on any atom is -0.337 e. The molecule has 1 aliphatic rings. The number of rotatable bonds is 2. The molecule has 3 nitrogen and oxygen atoms in total. The van der Waals surface area contributed by atoms with Gasteiger partial charge in [0.15, 0.2) is 0 Å². The number of nitrogens with one attached hydrogen (secondary N) is 1. The highest BCUT2D eigenvalue weighted by molar-refractivity contribution is 6.32. The number of Topliss-reactive ketones (excluding diaryl/α,β-unsaturated/α-hetero) is 1. The molecule has 1 atom stereocenters. The summed E-state index contributed by atoms with van der Waals surface area (Å²) in [6, 6.07) is 0. The van der Waals surface area contributed by atoms with Gasteiger partial charge in [0.05, 0.1) is 6.34 Å². The van der Waals surface area contributed by atoms with Gasteiger partial charge >= 0.3 is 0 Å². The lowest BCUT2D eigenvalue weighted by Crippen LogP contribution is -2.20. The molecular formula is C7H8Cl2N2O. The predicted octanol–water partition coefficient (Wildman–Crippen LogP) is 1.61. The highest BCUT2D eigenvalue weighted by atomic mass is 35.5. The van der Waals surface area contributed by atoms with Crippen molar-refractivity contribution in [3.05, 3.63) is 10.7 Å². The monoisotopic (exact) mass is 206 g/mol. The quantitative estimate of drug-likeness (QED) is 0.552. The van der Waals surface area contributed by atoms with E-state index >= 15 is 0 Å². The summed E-state index contributed by atoms with van der Waals surface area (Å²) in [4.78, 5) is 14.6. The molecule has 12 heavy (non-hydrogen) atoms. The maximum Gasteiger partial charge on any atom is 0.150 e. The molecule has 0 radical (unpaired) electrons. The molecule has 0 aromatic carbocycles. The Morgan fingerprint density at radius 3 is 3.00 bits per heavy atom. The Bertz CT molecular complexity index is 260. The first kappa shape index (κ1) is 9.55. The van der Waals surface area contributed by atoms with Gasteiger partial charge in [-0.3, -0.25) is 9.79 Å². The summed E-state index contributed by atoms with van der Waals surface area (Å²) >= 11 is 11.6. The zero-order valence-electron chi connectivity index (χ0n) is 6.47. The Morgan fingerprint density at radius 1 is 1.83 bits per heavy atom. The molecular weight excluding hydrogens is 199 g/mol. The van der Waals surface area contributed by atoms with Crippen LogP contribution in [0.2, 0.25) is 0 Å². The van der Waals surface area contributed by atoms with Crippen LogP contribution in [0.25, 0.3) is 0 Å². The van der Waals surface area contributed by atoms with Crippen LogP contribution in [-0.2, 0) is 4.79 Å². The average molecular weight is 207 g/mol. The van der Waals surface area contributed by atoms with Crippen molar-refractivity contribution in [1.29, 1.82) is 0 Å². The molecule has 0 amide bonds. The molecule has 1 unspecified atom stereocenters. The van der Waals surface area contributed by atoms with Gasteiger partial charge in [0.25, 0.3) is 0 Å². The first-order valence-corrected chi connectivity index (χ1v) is 4.23. The van der Waals surface area contributed by atoms with Crippen molar-refractivity contribution >= 4 is 35.3 Å². The third kappa shape index (κ3) is 2.22. The van der Waals surface area contributed by atoms with Crippen molar-refractivity contribution in [1.82, 2.24) is 5.32 Å². The van der Waals surface area contributed by atoms with Crippen LogP contribution in [0.4, 0.5) is 0 Å². The highest BCUT2D eigenvalue weighted by Crippen LogP contribution is 2.22. The first-order chi connectivity index (χ1) is 5.61. The normalized spacial score (nSPS) is 22.4. The van der Waals surface area contributed by atoms with Crippen molar-refractivity contribution in [3.63, 3.8) is 0 Å². The Labute approximate surface area is 80.4 Å². The minimum absolute atomic E-state index is 0.0210. The van der Waals surface area contributed by atoms with Crippen LogP contribution in [0.3, 0.4) is 0 Å². The Balaban J connectivity index is 2.77. The first-order valence-electron chi connectivity index (χ1n) is 3.41. The zero-order chi connectivity index (χ0) is 9.14. The number of hydrogen-bond acceptors (Lipinski definition) is 3. The second-order valence-electron chi connectivity index (χ2n) is 2.48. The van der Waals surface area contributed by atoms with Crippen LogP contribution in [0.5, 0.6) is 0 Å². The molecule has 1 N–H and O–H groups in total. The fourth-order valence-electron chi connectivity index (χ4n) is 0.877. The number of carbonyl (C=O) groups excluding carboxylic acids is 1. The molecule has 0 aromatic rings. The fourth-order valence-corrected chi connectivity index (χ4v) is 1.39. The van der Waals surface area contributed by atoms with E-state index in [0.29, 0.717) is 10.7 Å². The van der Waals surface area contributed by atoms with Crippen LogP contribution in [-0.4, -0.2) is 17.6 Å². The van der Waals surface area contributed by atoms with E-state index < -0.39 is 5.50 Å². The number of carbonyl (C=O) groups is 1. The smallest absolute Gasteiger partial charge is 0.150 e. The molecule has 0 spiro atoms. The van der Waals surface area contributed by atoms with Gasteiger partial charge < -0.3 is 5.32 Å². The maximum atomic E-state index is 10.8. The summed E-state index contributed by atoms with van der Waals surface area (Å²) < 4.78 is 0. The largest absolute Gasteiger partial charge is 0.337 e. The number of aliphatic imine (C=N–C) groups is 1. The van der Waals surface area contributed by atoms with Gasteiger partial charge in [-0.25, -0.2) is 0 Å². The van der Waals surface area contributed by atoms with Gasteiger partial charge in [-0.1, -0.05) is 23.2 Å². The van der Waals surface area contributed by atoms with Gasteiger partial charge in [0.2, 0.25) is 0 Å². The van der Waals surface area contributed by atoms with Gasteiger partial charge in [-0.05, 0) is 6.92 Å². The lowest BCUT2D eigenvalue weighted by atomic mass is 10.1. The minimum atomic E-state index is -0.511. The van der Waals surface area contributed by atoms with E-state index in [2.05, 4.69) is 10.3 Å². The van der Waals surface area contributed by atoms with E-state index in [1.54, 1.807) is 0 Å². The van der Waals surface area contributed by atoms with Gasteiger partial charge in [-0.2, -0.15) is 0 Å². The topological polar surface area (TPSA) is 41.5 Å². The van der Waals surface area contributed by atoms with E-state index in [9.17, 15) is 4.79 Å². The van der Waals surface area contributed by atoms with Gasteiger partial charge in [0.1, 0.15) is 16.4 Å². The Kier molecular flexibility index (Phi) is 3.12. The van der Waals surface area contributed by atoms with E-state index in [1.807, 2.05) is 0 Å². The molecule has 0 aromatic heterocycles. The third-order valence-electron chi connectivity index (χ3n) is 1.41. The molecule has 0 saturated carbocycles. The number of nitrogens with zero attached hydrogens (tertiary/aromatic N) is 1. The molecule has 66 valence electrons. The molecule has 0 saturated heterocycles. The lowest BCUT2D eigenvalue weighted by Gasteiger charge is -2.15. The van der Waals surface area contributed by atoms with E-state index in [4.69, 9.17) is 23.2 Å². The Hall–Kier alpha value is -0.540. The molecule has 0 bridgehead atoms. The number of halogens is 2. The van der Waals surface area contributed by atoms with E-state index in [0.717, 1.165) is 0 Å². The average Bonchev–Trinajstić information content (AvgIpc) is 1.97. The summed E-state index contributed by atoms with van der Waals surface area (Å²) in [6.07, 6.45) is 1.67. The van der Waals surface area contributed by atoms with Crippen LogP contribution in [0, 0.1) is 0 Å². The van der Waals surface area contributed by atoms with Crippen molar-refractivity contribution in [3.8, 4) is 0 Å². The van der Waals surface area contributed by atoms with Crippen LogP contribution < -0.4 is 5.32 Å². The van der Waals surface area contributed by atoms with Crippen LogP contribution >= 0.6 is 23.2 Å². The second kappa shape index (κ2) is 3.92. The molecule has 1 aliphatic heterocycles. The van der Waals surface area contributed by atoms with Gasteiger partial charge in [-0.15, -0.1) is 0 Å². The molecule has 5 heteroatoms. The standard InChI is InChI=1S/C7H8Cl2N2O/c1-4(12)2-5-6(8)10-3-11-7(5)9/h3,6H,2H2,1H3,(H,10,11). The Morgan fingerprint density at radius 2 is 2.50 bits per heavy atom. The van der Waals surface area contributed by atoms with E-state index in [1.165, 1.54) is 13.3 Å². The highest BCUT2D eigenvalue weighted by Gasteiger charge is 2.18. The third-order valence-corrected chi connectivity index (χ3v) is 2.13. The number of ketones is 1. The molecule has 1 rings (SSSR count). The summed E-state index contributed by atoms with van der Waals surface area (Å²) in [5.74, 6) is 0.0210. The fraction of sp³-hybridized carbons (Fsp3) is 0.429. The van der Waals surface area contributed by atoms with Crippen molar-refractivity contribution in [2.24, 2.45) is 4.99 Å². The second-order valence-corrected chi connectivity index (χ2v) is 3.27. The molecule has 1 heterocycles. The molecule has 0 fully saturated rings. The maximum absolute atomic E-state index is 10.8. The van der Waals surface area contributed by atoms with Gasteiger partial charge in [0, 0.05) is 12.0 Å². The summed E-state index contributed by atoms with van der Waals surface area (Å²) in [7, 11) is 0. The molecule has 0 aliphatic carbocycles.